The van der Waals surface area contributed by atoms with E-state index in [2.05, 4.69) is 5.43 Å². The Morgan fingerprint density at radius 1 is 1.41 bits per heavy atom. The van der Waals surface area contributed by atoms with E-state index in [0.717, 1.165) is 6.42 Å². The molecule has 6 heteroatoms. The summed E-state index contributed by atoms with van der Waals surface area (Å²) >= 11 is 0. The molecule has 0 bridgehead atoms. The van der Waals surface area contributed by atoms with Crippen LogP contribution < -0.4 is 5.43 Å². The van der Waals surface area contributed by atoms with Crippen molar-refractivity contribution < 1.29 is 19.4 Å². The zero-order valence-electron chi connectivity index (χ0n) is 10.5. The summed E-state index contributed by atoms with van der Waals surface area (Å²) in [5.41, 5.74) is 2.30. The van der Waals surface area contributed by atoms with Gasteiger partial charge in [-0.25, -0.2) is 15.2 Å². The van der Waals surface area contributed by atoms with Crippen LogP contribution in [0.5, 0.6) is 0 Å². The zero-order chi connectivity index (χ0) is 13.1. The predicted octanol–water partition coefficient (Wildman–Crippen LogP) is 1.22. The van der Waals surface area contributed by atoms with E-state index >= 15 is 0 Å². The first-order valence-electron chi connectivity index (χ1n) is 5.76. The van der Waals surface area contributed by atoms with Crippen LogP contribution in [0.4, 0.5) is 4.79 Å². The molecule has 1 aliphatic rings. The van der Waals surface area contributed by atoms with Crippen molar-refractivity contribution in [3.05, 3.63) is 0 Å². The second kappa shape index (κ2) is 5.35. The van der Waals surface area contributed by atoms with E-state index in [9.17, 15) is 9.59 Å². The number of hydrogen-bond acceptors (Lipinski definition) is 4. The number of carbonyl (C=O) groups is 2. The lowest BCUT2D eigenvalue weighted by Gasteiger charge is -2.27. The Bertz CT molecular complexity index is 298. The molecule has 1 unspecified atom stereocenters. The SMILES string of the molecule is CC(C)(C)OC(=O)N1CC(C(=O)O)CCCN1. The Morgan fingerprint density at radius 3 is 2.59 bits per heavy atom. The number of carbonyl (C=O) groups excluding carboxylic acids is 1. The summed E-state index contributed by atoms with van der Waals surface area (Å²) in [5.74, 6) is -1.40. The van der Waals surface area contributed by atoms with Crippen molar-refractivity contribution in [3.8, 4) is 0 Å². The molecule has 6 nitrogen and oxygen atoms in total. The molecule has 1 fully saturated rings. The molecule has 1 heterocycles. The third-order valence-corrected chi connectivity index (χ3v) is 2.40. The smallest absolute Gasteiger partial charge is 0.424 e. The minimum atomic E-state index is -0.873. The quantitative estimate of drug-likeness (QED) is 0.725. The van der Waals surface area contributed by atoms with Crippen molar-refractivity contribution in [1.29, 1.82) is 0 Å². The first kappa shape index (κ1) is 13.8. The van der Waals surface area contributed by atoms with Crippen LogP contribution in [-0.4, -0.2) is 40.9 Å². The molecule has 1 atom stereocenters. The van der Waals surface area contributed by atoms with Crippen LogP contribution in [0.3, 0.4) is 0 Å². The van der Waals surface area contributed by atoms with Crippen LogP contribution in [-0.2, 0) is 9.53 Å². The number of amides is 1. The molecule has 1 aliphatic heterocycles. The molecule has 0 aliphatic carbocycles. The minimum absolute atomic E-state index is 0.143. The molecule has 0 saturated carbocycles. The van der Waals surface area contributed by atoms with E-state index in [-0.39, 0.29) is 6.54 Å². The van der Waals surface area contributed by atoms with Crippen LogP contribution in [0.1, 0.15) is 33.6 Å². The third-order valence-electron chi connectivity index (χ3n) is 2.40. The van der Waals surface area contributed by atoms with Crippen molar-refractivity contribution in [2.45, 2.75) is 39.2 Å². The van der Waals surface area contributed by atoms with Crippen molar-refractivity contribution in [1.82, 2.24) is 10.4 Å². The van der Waals surface area contributed by atoms with E-state index < -0.39 is 23.6 Å². The van der Waals surface area contributed by atoms with E-state index in [4.69, 9.17) is 9.84 Å². The Balaban J connectivity index is 2.62. The first-order chi connectivity index (χ1) is 7.79. The van der Waals surface area contributed by atoms with Crippen LogP contribution in [0.25, 0.3) is 0 Å². The highest BCUT2D eigenvalue weighted by molar-refractivity contribution is 5.72. The van der Waals surface area contributed by atoms with Gasteiger partial charge in [0.05, 0.1) is 12.5 Å². The number of nitrogens with zero attached hydrogens (tertiary/aromatic N) is 1. The Morgan fingerprint density at radius 2 is 2.06 bits per heavy atom. The largest absolute Gasteiger partial charge is 0.481 e. The fraction of sp³-hybridized carbons (Fsp3) is 0.818. The van der Waals surface area contributed by atoms with Crippen molar-refractivity contribution >= 4 is 12.1 Å². The van der Waals surface area contributed by atoms with E-state index in [0.29, 0.717) is 13.0 Å². The Hall–Kier alpha value is -1.30. The van der Waals surface area contributed by atoms with E-state index in [1.54, 1.807) is 20.8 Å². The van der Waals surface area contributed by atoms with Crippen LogP contribution in [0.15, 0.2) is 0 Å². The standard InChI is InChI=1S/C11H20N2O4/c1-11(2,3)17-10(16)13-7-8(9(14)15)5-4-6-12-13/h8,12H,4-7H2,1-3H3,(H,14,15). The van der Waals surface area contributed by atoms with Crippen LogP contribution in [0, 0.1) is 5.92 Å². The molecule has 0 aromatic carbocycles. The van der Waals surface area contributed by atoms with Crippen LogP contribution in [0.2, 0.25) is 0 Å². The minimum Gasteiger partial charge on any atom is -0.481 e. The maximum atomic E-state index is 11.8. The number of ether oxygens (including phenoxy) is 1. The first-order valence-corrected chi connectivity index (χ1v) is 5.76. The summed E-state index contributed by atoms with van der Waals surface area (Å²) < 4.78 is 5.19. The number of nitrogens with one attached hydrogen (secondary N) is 1. The van der Waals surface area contributed by atoms with E-state index in [1.807, 2.05) is 0 Å². The molecule has 0 radical (unpaired) electrons. The van der Waals surface area contributed by atoms with Gasteiger partial charge in [0.25, 0.3) is 0 Å². The summed E-state index contributed by atoms with van der Waals surface area (Å²) in [6.07, 6.45) is 0.781. The summed E-state index contributed by atoms with van der Waals surface area (Å²) in [5, 5.41) is 10.2. The molecule has 1 amide bonds. The van der Waals surface area contributed by atoms with Crippen molar-refractivity contribution in [2.24, 2.45) is 5.92 Å². The molecule has 98 valence electrons. The van der Waals surface area contributed by atoms with Gasteiger partial charge in [-0.2, -0.15) is 0 Å². The lowest BCUT2D eigenvalue weighted by molar-refractivity contribution is -0.142. The van der Waals surface area contributed by atoms with E-state index in [1.165, 1.54) is 5.01 Å². The summed E-state index contributed by atoms with van der Waals surface area (Å²) in [7, 11) is 0. The average molecular weight is 244 g/mol. The summed E-state index contributed by atoms with van der Waals surface area (Å²) in [4.78, 5) is 22.7. The van der Waals surface area contributed by atoms with Gasteiger partial charge in [0.15, 0.2) is 0 Å². The Labute approximate surface area is 101 Å². The topological polar surface area (TPSA) is 78.9 Å². The molecule has 2 N–H and O–H groups in total. The molecule has 0 aromatic heterocycles. The van der Waals surface area contributed by atoms with Gasteiger partial charge < -0.3 is 9.84 Å². The second-order valence-corrected chi connectivity index (χ2v) is 5.18. The average Bonchev–Trinajstić information content (AvgIpc) is 2.39. The fourth-order valence-electron chi connectivity index (χ4n) is 1.60. The predicted molar refractivity (Wildman–Crippen MR) is 61.3 cm³/mol. The lowest BCUT2D eigenvalue weighted by atomic mass is 10.0. The number of rotatable bonds is 1. The molecule has 1 saturated heterocycles. The normalized spacial score (nSPS) is 21.8. The number of aliphatic carboxylic acids is 1. The molecule has 1 rings (SSSR count). The molecular formula is C11H20N2O4. The molecular weight excluding hydrogens is 224 g/mol. The highest BCUT2D eigenvalue weighted by Crippen LogP contribution is 2.15. The monoisotopic (exact) mass is 244 g/mol. The summed E-state index contributed by atoms with van der Waals surface area (Å²) in [6, 6.07) is 0. The molecule has 0 spiro atoms. The number of hydrazine groups is 1. The maximum absolute atomic E-state index is 11.8. The highest BCUT2D eigenvalue weighted by atomic mass is 16.6. The maximum Gasteiger partial charge on any atom is 0.424 e. The third kappa shape index (κ3) is 4.60. The fourth-order valence-corrected chi connectivity index (χ4v) is 1.60. The van der Waals surface area contributed by atoms with Gasteiger partial charge in [0.1, 0.15) is 5.60 Å². The molecule has 0 aromatic rings. The number of hydrogen-bond donors (Lipinski definition) is 2. The van der Waals surface area contributed by atoms with Gasteiger partial charge in [0, 0.05) is 6.54 Å². The zero-order valence-corrected chi connectivity index (χ0v) is 10.5. The lowest BCUT2D eigenvalue weighted by Crippen LogP contribution is -2.47. The van der Waals surface area contributed by atoms with Gasteiger partial charge in [-0.3, -0.25) is 4.79 Å². The summed E-state index contributed by atoms with van der Waals surface area (Å²) in [6.45, 7) is 6.06. The Kier molecular flexibility index (Phi) is 4.34. The second-order valence-electron chi connectivity index (χ2n) is 5.18. The van der Waals surface area contributed by atoms with Crippen LogP contribution >= 0.6 is 0 Å². The van der Waals surface area contributed by atoms with Crippen molar-refractivity contribution in [3.63, 3.8) is 0 Å². The van der Waals surface area contributed by atoms with Crippen molar-refractivity contribution in [2.75, 3.05) is 13.1 Å². The van der Waals surface area contributed by atoms with Gasteiger partial charge in [-0.05, 0) is 33.6 Å². The van der Waals surface area contributed by atoms with Gasteiger partial charge >= 0.3 is 12.1 Å². The molecule has 17 heavy (non-hydrogen) atoms. The number of carboxylic acid groups (broad SMARTS) is 1. The van der Waals surface area contributed by atoms with Gasteiger partial charge in [0.2, 0.25) is 0 Å². The highest BCUT2D eigenvalue weighted by Gasteiger charge is 2.29. The van der Waals surface area contributed by atoms with Gasteiger partial charge in [-0.1, -0.05) is 0 Å². The number of carboxylic acids is 1. The van der Waals surface area contributed by atoms with Gasteiger partial charge in [-0.15, -0.1) is 0 Å².